The summed E-state index contributed by atoms with van der Waals surface area (Å²) >= 11 is 4.06. The summed E-state index contributed by atoms with van der Waals surface area (Å²) in [6, 6.07) is 7.85. The van der Waals surface area contributed by atoms with Crippen LogP contribution < -0.4 is 10.9 Å². The number of ether oxygens (including phenoxy) is 1. The molecule has 4 aromatic rings. The molecule has 0 fully saturated rings. The highest BCUT2D eigenvalue weighted by molar-refractivity contribution is 7.99. The number of hydrogen-bond acceptors (Lipinski definition) is 8. The van der Waals surface area contributed by atoms with Gasteiger partial charge in [-0.25, -0.2) is 9.78 Å². The fourth-order valence-corrected chi connectivity index (χ4v) is 7.64. The van der Waals surface area contributed by atoms with Crippen LogP contribution in [0.4, 0.5) is 5.00 Å². The van der Waals surface area contributed by atoms with Crippen molar-refractivity contribution in [1.82, 2.24) is 9.55 Å². The van der Waals surface area contributed by atoms with Gasteiger partial charge in [0.05, 0.1) is 17.7 Å². The number of aryl methyl sites for hydroxylation is 3. The third kappa shape index (κ3) is 5.08. The average molecular weight is 566 g/mol. The monoisotopic (exact) mass is 565 g/mol. The molecule has 0 atom stereocenters. The smallest absolute Gasteiger partial charge is 0.341 e. The molecular weight excluding hydrogens is 539 g/mol. The highest BCUT2D eigenvalue weighted by Gasteiger charge is 2.25. The van der Waals surface area contributed by atoms with E-state index in [-0.39, 0.29) is 23.8 Å². The first-order chi connectivity index (χ1) is 18.4. The van der Waals surface area contributed by atoms with Crippen molar-refractivity contribution in [1.29, 1.82) is 0 Å². The number of nitrogens with zero attached hydrogens (tertiary/aromatic N) is 2. The molecule has 0 saturated carbocycles. The lowest BCUT2D eigenvalue weighted by atomic mass is 10.0. The fourth-order valence-electron chi connectivity index (χ4n) is 4.55. The number of thioether (sulfide) groups is 1. The SMILES string of the molecule is C=CCn1c(SCC(=O)Nc2scc(-c3ccc(C)cc3)c2C(=O)OCC)nc2sc3c(c2c1=O)CCC3. The standard InChI is InChI=1S/C28H27N3O4S3/c1-4-13-31-26(33)22-18-7-6-8-20(18)38-25(22)30-28(31)37-15-21(32)29-24-23(27(34)35-5-2)19(14-36-24)17-11-9-16(3)10-12-17/h4,9-12,14H,1,5-8,13,15H2,2-3H3,(H,29,32). The Hall–Kier alpha value is -3.21. The van der Waals surface area contributed by atoms with Gasteiger partial charge in [-0.15, -0.1) is 29.3 Å². The number of carbonyl (C=O) groups excluding carboxylic acids is 2. The number of nitrogens with one attached hydrogen (secondary N) is 1. The van der Waals surface area contributed by atoms with Crippen molar-refractivity contribution in [3.8, 4) is 11.1 Å². The lowest BCUT2D eigenvalue weighted by Gasteiger charge is -2.11. The Morgan fingerprint density at radius 1 is 1.26 bits per heavy atom. The van der Waals surface area contributed by atoms with Gasteiger partial charge in [0.15, 0.2) is 5.16 Å². The summed E-state index contributed by atoms with van der Waals surface area (Å²) in [7, 11) is 0. The van der Waals surface area contributed by atoms with Crippen LogP contribution in [0.15, 0.2) is 52.3 Å². The van der Waals surface area contributed by atoms with Crippen LogP contribution in [0.3, 0.4) is 0 Å². The van der Waals surface area contributed by atoms with Crippen molar-refractivity contribution in [2.45, 2.75) is 44.8 Å². The van der Waals surface area contributed by atoms with Gasteiger partial charge in [-0.05, 0) is 44.2 Å². The maximum atomic E-state index is 13.4. The van der Waals surface area contributed by atoms with Gasteiger partial charge in [0.1, 0.15) is 15.4 Å². The second kappa shape index (κ2) is 11.3. The molecule has 1 aliphatic rings. The molecule has 0 spiro atoms. The molecule has 1 amide bonds. The van der Waals surface area contributed by atoms with Crippen LogP contribution >= 0.6 is 34.4 Å². The molecule has 10 heteroatoms. The summed E-state index contributed by atoms with van der Waals surface area (Å²) in [6.07, 6.45) is 4.62. The van der Waals surface area contributed by atoms with Crippen LogP contribution in [0, 0.1) is 6.92 Å². The molecule has 3 aromatic heterocycles. The molecule has 3 heterocycles. The minimum atomic E-state index is -0.482. The van der Waals surface area contributed by atoms with E-state index in [4.69, 9.17) is 9.72 Å². The van der Waals surface area contributed by atoms with Crippen LogP contribution in [0.25, 0.3) is 21.3 Å². The number of esters is 1. The summed E-state index contributed by atoms with van der Waals surface area (Å²) in [5.74, 6) is -0.754. The van der Waals surface area contributed by atoms with Crippen molar-refractivity contribution in [2.75, 3.05) is 17.7 Å². The second-order valence-electron chi connectivity index (χ2n) is 8.91. The summed E-state index contributed by atoms with van der Waals surface area (Å²) in [6.45, 7) is 8.08. The van der Waals surface area contributed by atoms with E-state index in [1.54, 1.807) is 28.9 Å². The first kappa shape index (κ1) is 26.4. The van der Waals surface area contributed by atoms with E-state index < -0.39 is 5.97 Å². The number of thiophene rings is 2. The predicted octanol–water partition coefficient (Wildman–Crippen LogP) is 6.08. The molecule has 5 rings (SSSR count). The summed E-state index contributed by atoms with van der Waals surface area (Å²) in [4.78, 5) is 46.0. The van der Waals surface area contributed by atoms with E-state index in [9.17, 15) is 14.4 Å². The Bertz CT molecular complexity index is 1600. The van der Waals surface area contributed by atoms with E-state index in [0.717, 1.165) is 40.8 Å². The minimum Gasteiger partial charge on any atom is -0.462 e. The highest BCUT2D eigenvalue weighted by atomic mass is 32.2. The summed E-state index contributed by atoms with van der Waals surface area (Å²) in [5.41, 5.74) is 4.09. The summed E-state index contributed by atoms with van der Waals surface area (Å²) < 4.78 is 6.89. The van der Waals surface area contributed by atoms with Crippen LogP contribution in [-0.4, -0.2) is 33.8 Å². The number of rotatable bonds is 9. The Balaban J connectivity index is 1.39. The topological polar surface area (TPSA) is 90.3 Å². The van der Waals surface area contributed by atoms with Gasteiger partial charge >= 0.3 is 5.97 Å². The molecule has 38 heavy (non-hydrogen) atoms. The lowest BCUT2D eigenvalue weighted by Crippen LogP contribution is -2.24. The summed E-state index contributed by atoms with van der Waals surface area (Å²) in [5, 5.41) is 6.36. The van der Waals surface area contributed by atoms with Crippen molar-refractivity contribution < 1.29 is 14.3 Å². The van der Waals surface area contributed by atoms with Gasteiger partial charge in [0.25, 0.3) is 5.56 Å². The van der Waals surface area contributed by atoms with Gasteiger partial charge < -0.3 is 10.1 Å². The first-order valence-electron chi connectivity index (χ1n) is 12.4. The van der Waals surface area contributed by atoms with Crippen LogP contribution in [0.5, 0.6) is 0 Å². The number of fused-ring (bicyclic) bond motifs is 3. The molecular formula is C28H27N3O4S3. The maximum absolute atomic E-state index is 13.4. The van der Waals surface area contributed by atoms with E-state index >= 15 is 0 Å². The molecule has 196 valence electrons. The Morgan fingerprint density at radius 2 is 2.05 bits per heavy atom. The quantitative estimate of drug-likeness (QED) is 0.115. The van der Waals surface area contributed by atoms with Crippen LogP contribution in [0.2, 0.25) is 0 Å². The fraction of sp³-hybridized carbons (Fsp3) is 0.286. The number of hydrogen-bond donors (Lipinski definition) is 1. The molecule has 0 radical (unpaired) electrons. The number of benzene rings is 1. The van der Waals surface area contributed by atoms with Crippen LogP contribution in [0.1, 0.15) is 39.7 Å². The van der Waals surface area contributed by atoms with E-state index in [0.29, 0.717) is 33.2 Å². The van der Waals surface area contributed by atoms with Gasteiger partial charge in [0.2, 0.25) is 5.91 Å². The van der Waals surface area contributed by atoms with Crippen molar-refractivity contribution in [3.63, 3.8) is 0 Å². The molecule has 0 aliphatic heterocycles. The van der Waals surface area contributed by atoms with Gasteiger partial charge in [-0.2, -0.15) is 0 Å². The van der Waals surface area contributed by atoms with Crippen molar-refractivity contribution in [3.05, 3.63) is 74.2 Å². The third-order valence-electron chi connectivity index (χ3n) is 6.32. The zero-order valence-electron chi connectivity index (χ0n) is 21.2. The molecule has 1 aliphatic carbocycles. The number of aromatic nitrogens is 2. The lowest BCUT2D eigenvalue weighted by molar-refractivity contribution is -0.113. The van der Waals surface area contributed by atoms with E-state index in [1.165, 1.54) is 28.0 Å². The Kier molecular flexibility index (Phi) is 7.83. The molecule has 0 bridgehead atoms. The minimum absolute atomic E-state index is 0.0280. The number of allylic oxidation sites excluding steroid dienone is 1. The van der Waals surface area contributed by atoms with Crippen molar-refractivity contribution in [2.24, 2.45) is 0 Å². The normalized spacial score (nSPS) is 12.5. The van der Waals surface area contributed by atoms with E-state index in [1.807, 2.05) is 36.6 Å². The first-order valence-corrected chi connectivity index (χ1v) is 15.0. The Labute approximate surface area is 232 Å². The zero-order valence-corrected chi connectivity index (χ0v) is 23.6. The second-order valence-corrected chi connectivity index (χ2v) is 11.8. The number of anilines is 1. The molecule has 1 aromatic carbocycles. The maximum Gasteiger partial charge on any atom is 0.341 e. The molecule has 1 N–H and O–H groups in total. The largest absolute Gasteiger partial charge is 0.462 e. The number of amides is 1. The van der Waals surface area contributed by atoms with Gasteiger partial charge in [0, 0.05) is 22.4 Å². The highest BCUT2D eigenvalue weighted by Crippen LogP contribution is 2.37. The zero-order chi connectivity index (χ0) is 26.8. The predicted molar refractivity (Wildman–Crippen MR) is 156 cm³/mol. The molecule has 7 nitrogen and oxygen atoms in total. The molecule has 0 unspecified atom stereocenters. The van der Waals surface area contributed by atoms with Crippen molar-refractivity contribution >= 4 is 61.5 Å². The Morgan fingerprint density at radius 3 is 2.79 bits per heavy atom. The van der Waals surface area contributed by atoms with Crippen LogP contribution in [-0.2, 0) is 28.9 Å². The third-order valence-corrected chi connectivity index (χ3v) is 9.38. The molecule has 0 saturated heterocycles. The van der Waals surface area contributed by atoms with Gasteiger partial charge in [-0.1, -0.05) is 47.7 Å². The van der Waals surface area contributed by atoms with E-state index in [2.05, 4.69) is 11.9 Å². The average Bonchev–Trinajstić information content (AvgIpc) is 3.60. The number of carbonyl (C=O) groups is 2. The van der Waals surface area contributed by atoms with Gasteiger partial charge in [-0.3, -0.25) is 14.2 Å².